The van der Waals surface area contributed by atoms with Gasteiger partial charge in [-0.3, -0.25) is 9.11 Å². The van der Waals surface area contributed by atoms with E-state index in [2.05, 4.69) is 0 Å². The van der Waals surface area contributed by atoms with Gasteiger partial charge in [-0.05, 0) is 11.8 Å². The molecule has 0 aliphatic carbocycles. The lowest BCUT2D eigenvalue weighted by atomic mass is 9.76. The molecule has 0 bridgehead atoms. The van der Waals surface area contributed by atoms with Crippen LogP contribution < -0.4 is 0 Å². The van der Waals surface area contributed by atoms with E-state index in [1.54, 1.807) is 27.7 Å². The maximum atomic E-state index is 12.0. The first kappa shape index (κ1) is 19.8. The monoisotopic (exact) mass is 330 g/mol. The summed E-state index contributed by atoms with van der Waals surface area (Å²) >= 11 is 0. The Morgan fingerprint density at radius 3 is 1.25 bits per heavy atom. The molecule has 0 aromatic carbocycles. The first-order valence-electron chi connectivity index (χ1n) is 6.92. The molecule has 0 spiro atoms. The van der Waals surface area contributed by atoms with Crippen molar-refractivity contribution in [2.24, 2.45) is 11.8 Å². The SMILES string of the molecule is CCC(CC)C(CS(=O)(=O)O)(C(CC)CC)S(=O)(=O)O. The Hall–Kier alpha value is -0.180. The molecule has 0 fully saturated rings. The summed E-state index contributed by atoms with van der Waals surface area (Å²) in [6.07, 6.45) is 1.62. The molecule has 8 heteroatoms. The first-order chi connectivity index (χ1) is 9.00. The smallest absolute Gasteiger partial charge is 0.272 e. The lowest BCUT2D eigenvalue weighted by Crippen LogP contribution is -2.55. The minimum absolute atomic E-state index is 0.405. The van der Waals surface area contributed by atoms with E-state index in [4.69, 9.17) is 0 Å². The van der Waals surface area contributed by atoms with Crippen molar-refractivity contribution < 1.29 is 25.9 Å². The zero-order valence-corrected chi connectivity index (χ0v) is 14.2. The molecular weight excluding hydrogens is 304 g/mol. The second-order valence-corrected chi connectivity index (χ2v) is 8.35. The molecule has 0 aromatic heterocycles. The largest absolute Gasteiger partial charge is 0.285 e. The molecule has 6 nitrogen and oxygen atoms in total. The molecule has 0 saturated heterocycles. The second kappa shape index (κ2) is 7.20. The van der Waals surface area contributed by atoms with Crippen molar-refractivity contribution in [2.45, 2.75) is 58.1 Å². The summed E-state index contributed by atoms with van der Waals surface area (Å²) < 4.78 is 63.8. The Bertz CT molecular complexity index is 474. The Kier molecular flexibility index (Phi) is 7.13. The van der Waals surface area contributed by atoms with Gasteiger partial charge >= 0.3 is 0 Å². The number of hydrogen-bond donors (Lipinski definition) is 2. The molecule has 0 aliphatic heterocycles. The van der Waals surface area contributed by atoms with Gasteiger partial charge in [0.25, 0.3) is 20.2 Å². The Labute approximate surface area is 122 Å². The van der Waals surface area contributed by atoms with Crippen molar-refractivity contribution in [3.63, 3.8) is 0 Å². The molecule has 0 radical (unpaired) electrons. The van der Waals surface area contributed by atoms with Gasteiger partial charge in [-0.2, -0.15) is 16.8 Å². The molecule has 0 unspecified atom stereocenters. The molecule has 0 heterocycles. The van der Waals surface area contributed by atoms with Crippen molar-refractivity contribution >= 4 is 20.2 Å². The highest BCUT2D eigenvalue weighted by Crippen LogP contribution is 2.42. The minimum Gasteiger partial charge on any atom is -0.285 e. The lowest BCUT2D eigenvalue weighted by Gasteiger charge is -2.42. The van der Waals surface area contributed by atoms with E-state index in [9.17, 15) is 25.9 Å². The third-order valence-corrected chi connectivity index (χ3v) is 7.04. The number of hydrogen-bond acceptors (Lipinski definition) is 4. The van der Waals surface area contributed by atoms with E-state index in [0.29, 0.717) is 25.7 Å². The molecule has 20 heavy (non-hydrogen) atoms. The zero-order valence-electron chi connectivity index (χ0n) is 12.5. The Morgan fingerprint density at radius 2 is 1.10 bits per heavy atom. The Balaban J connectivity index is 6.32. The highest BCUT2D eigenvalue weighted by molar-refractivity contribution is 7.90. The van der Waals surface area contributed by atoms with Crippen molar-refractivity contribution in [3.8, 4) is 0 Å². The molecule has 0 rings (SSSR count). The summed E-state index contributed by atoms with van der Waals surface area (Å²) in [5, 5.41) is 0. The van der Waals surface area contributed by atoms with Gasteiger partial charge in [0.15, 0.2) is 0 Å². The first-order valence-corrected chi connectivity index (χ1v) is 9.97. The van der Waals surface area contributed by atoms with Crippen LogP contribution in [0.25, 0.3) is 0 Å². The van der Waals surface area contributed by atoms with E-state index < -0.39 is 42.6 Å². The van der Waals surface area contributed by atoms with Crippen molar-refractivity contribution in [3.05, 3.63) is 0 Å². The maximum Gasteiger partial charge on any atom is 0.272 e. The average molecular weight is 330 g/mol. The van der Waals surface area contributed by atoms with Crippen molar-refractivity contribution in [1.29, 1.82) is 0 Å². The fraction of sp³-hybridized carbons (Fsp3) is 1.00. The third kappa shape index (κ3) is 4.16. The maximum absolute atomic E-state index is 12.0. The van der Waals surface area contributed by atoms with Gasteiger partial charge in [-0.25, -0.2) is 0 Å². The summed E-state index contributed by atoms with van der Waals surface area (Å²) in [4.78, 5) is 0. The van der Waals surface area contributed by atoms with Crippen LogP contribution in [0.3, 0.4) is 0 Å². The van der Waals surface area contributed by atoms with Gasteiger partial charge in [-0.1, -0.05) is 53.4 Å². The van der Waals surface area contributed by atoms with Crippen LogP contribution in [0, 0.1) is 11.8 Å². The van der Waals surface area contributed by atoms with Gasteiger partial charge in [0.2, 0.25) is 0 Å². The van der Waals surface area contributed by atoms with E-state index in [1.165, 1.54) is 0 Å². The van der Waals surface area contributed by atoms with E-state index in [0.717, 1.165) is 0 Å². The topological polar surface area (TPSA) is 109 Å². The Morgan fingerprint density at radius 1 is 0.800 bits per heavy atom. The van der Waals surface area contributed by atoms with Crippen LogP contribution in [0.4, 0.5) is 0 Å². The average Bonchev–Trinajstić information content (AvgIpc) is 2.28. The highest BCUT2D eigenvalue weighted by Gasteiger charge is 2.55. The number of rotatable bonds is 9. The predicted octanol–water partition coefficient (Wildman–Crippen LogP) is 2.37. The summed E-state index contributed by atoms with van der Waals surface area (Å²) in [7, 11) is -9.18. The minimum atomic E-state index is -4.65. The van der Waals surface area contributed by atoms with Gasteiger partial charge in [0.1, 0.15) is 4.75 Å². The summed E-state index contributed by atoms with van der Waals surface area (Å²) in [6, 6.07) is 0. The van der Waals surface area contributed by atoms with E-state index >= 15 is 0 Å². The molecule has 0 atom stereocenters. The third-order valence-electron chi connectivity index (χ3n) is 4.24. The summed E-state index contributed by atoms with van der Waals surface area (Å²) in [5.41, 5.74) is 0. The van der Waals surface area contributed by atoms with Gasteiger partial charge in [-0.15, -0.1) is 0 Å². The van der Waals surface area contributed by atoms with E-state index in [-0.39, 0.29) is 0 Å². The van der Waals surface area contributed by atoms with Crippen LogP contribution in [-0.2, 0) is 20.2 Å². The van der Waals surface area contributed by atoms with Gasteiger partial charge in [0, 0.05) is 0 Å². The van der Waals surface area contributed by atoms with Crippen LogP contribution >= 0.6 is 0 Å². The molecule has 0 saturated carbocycles. The predicted molar refractivity (Wildman–Crippen MR) is 78.8 cm³/mol. The zero-order chi connectivity index (χ0) is 16.2. The second-order valence-electron chi connectivity index (χ2n) is 5.18. The van der Waals surface area contributed by atoms with Crippen LogP contribution in [0.15, 0.2) is 0 Å². The molecule has 0 amide bonds. The van der Waals surface area contributed by atoms with Crippen LogP contribution in [0.1, 0.15) is 53.4 Å². The lowest BCUT2D eigenvalue weighted by molar-refractivity contribution is 0.227. The van der Waals surface area contributed by atoms with Crippen molar-refractivity contribution in [1.82, 2.24) is 0 Å². The van der Waals surface area contributed by atoms with Crippen LogP contribution in [0.5, 0.6) is 0 Å². The van der Waals surface area contributed by atoms with Crippen LogP contribution in [0.2, 0.25) is 0 Å². The summed E-state index contributed by atoms with van der Waals surface area (Å²) in [5.74, 6) is -2.04. The molecular formula is C12H26O6S2. The normalized spacial score (nSPS) is 14.2. The fourth-order valence-electron chi connectivity index (χ4n) is 3.31. The van der Waals surface area contributed by atoms with Crippen molar-refractivity contribution in [2.75, 3.05) is 5.75 Å². The van der Waals surface area contributed by atoms with Gasteiger partial charge < -0.3 is 0 Å². The van der Waals surface area contributed by atoms with E-state index in [1.807, 2.05) is 0 Å². The highest BCUT2D eigenvalue weighted by atomic mass is 32.2. The van der Waals surface area contributed by atoms with Gasteiger partial charge in [0.05, 0.1) is 5.75 Å². The molecule has 0 aromatic rings. The molecule has 0 aliphatic rings. The van der Waals surface area contributed by atoms with Crippen LogP contribution in [-0.4, -0.2) is 36.4 Å². The fourth-order valence-corrected chi connectivity index (χ4v) is 6.90. The standard InChI is InChI=1S/C12H26O6S2/c1-5-10(6-2)12(20(16,17)18,9-19(13,14)15)11(7-3)8-4/h10-11H,5-9H2,1-4H3,(H,13,14,15)(H,16,17,18). The summed E-state index contributed by atoms with van der Waals surface area (Å²) in [6.45, 7) is 7.00. The molecule has 2 N–H and O–H groups in total. The quantitative estimate of drug-likeness (QED) is 0.628. The molecule has 122 valence electrons.